The number of methoxy groups -OCH3 is 1. The van der Waals surface area contributed by atoms with Crippen LogP contribution in [-0.4, -0.2) is 48.8 Å². The fraction of sp³-hybridized carbons (Fsp3) is 0.318. The Bertz CT molecular complexity index is 925. The standard InChI is InChI=1S/C22H26ClN3O6/c1-31-19-8-7-15(9-17(19)23)10-18(21(24)29)26-20(28)11-16(27)12-25-22(30)32-13-14-5-3-2-4-6-14/h2-9,16,18,27H,10-13H2,1H3,(H2,24,29)(H,25,30)(H,26,28)/t16-,18+/m1/s1. The molecule has 0 aliphatic carbocycles. The van der Waals surface area contributed by atoms with Crippen molar-refractivity contribution in [3.8, 4) is 5.75 Å². The number of nitrogens with one attached hydrogen (secondary N) is 2. The molecule has 0 aliphatic rings. The number of aliphatic hydroxyl groups excluding tert-OH is 1. The average Bonchev–Trinajstić information content (AvgIpc) is 2.76. The van der Waals surface area contributed by atoms with Crippen LogP contribution in [0.5, 0.6) is 5.75 Å². The van der Waals surface area contributed by atoms with Crippen molar-refractivity contribution in [3.63, 3.8) is 0 Å². The van der Waals surface area contributed by atoms with Gasteiger partial charge in [0.25, 0.3) is 0 Å². The lowest BCUT2D eigenvalue weighted by Crippen LogP contribution is -2.47. The van der Waals surface area contributed by atoms with Crippen molar-refractivity contribution in [1.82, 2.24) is 10.6 Å². The number of rotatable bonds is 11. The van der Waals surface area contributed by atoms with Gasteiger partial charge < -0.3 is 30.9 Å². The zero-order valence-corrected chi connectivity index (χ0v) is 18.3. The largest absolute Gasteiger partial charge is 0.495 e. The molecule has 9 nitrogen and oxygen atoms in total. The average molecular weight is 464 g/mol. The third-order valence-electron chi connectivity index (χ3n) is 4.45. The normalized spacial score (nSPS) is 12.3. The molecule has 0 unspecified atom stereocenters. The van der Waals surface area contributed by atoms with Crippen molar-refractivity contribution in [1.29, 1.82) is 0 Å². The molecule has 10 heteroatoms. The topological polar surface area (TPSA) is 140 Å². The first kappa shape index (κ1) is 25.0. The van der Waals surface area contributed by atoms with Crippen molar-refractivity contribution in [3.05, 3.63) is 64.7 Å². The molecular weight excluding hydrogens is 438 g/mol. The Kier molecular flexibility index (Phi) is 9.77. The lowest BCUT2D eigenvalue weighted by atomic mass is 10.0. The molecule has 32 heavy (non-hydrogen) atoms. The van der Waals surface area contributed by atoms with Gasteiger partial charge in [0.2, 0.25) is 11.8 Å². The Hall–Kier alpha value is -3.30. The summed E-state index contributed by atoms with van der Waals surface area (Å²) < 4.78 is 10.1. The van der Waals surface area contributed by atoms with Crippen LogP contribution in [0.3, 0.4) is 0 Å². The molecule has 5 N–H and O–H groups in total. The second-order valence-corrected chi connectivity index (χ2v) is 7.40. The van der Waals surface area contributed by atoms with Crippen LogP contribution in [0, 0.1) is 0 Å². The van der Waals surface area contributed by atoms with Gasteiger partial charge in [-0.05, 0) is 23.3 Å². The van der Waals surface area contributed by atoms with Gasteiger partial charge in [-0.2, -0.15) is 0 Å². The Balaban J connectivity index is 1.77. The highest BCUT2D eigenvalue weighted by molar-refractivity contribution is 6.32. The van der Waals surface area contributed by atoms with Crippen LogP contribution in [0.4, 0.5) is 4.79 Å². The van der Waals surface area contributed by atoms with E-state index < -0.39 is 30.1 Å². The first-order valence-corrected chi connectivity index (χ1v) is 10.2. The van der Waals surface area contributed by atoms with Gasteiger partial charge in [0.05, 0.1) is 24.7 Å². The third-order valence-corrected chi connectivity index (χ3v) is 4.75. The summed E-state index contributed by atoms with van der Waals surface area (Å²) in [6.07, 6.45) is -2.13. The minimum absolute atomic E-state index is 0.0823. The summed E-state index contributed by atoms with van der Waals surface area (Å²) >= 11 is 6.08. The molecule has 172 valence electrons. The minimum atomic E-state index is -1.18. The van der Waals surface area contributed by atoms with E-state index in [0.29, 0.717) is 16.3 Å². The molecule has 0 bridgehead atoms. The quantitative estimate of drug-likeness (QED) is 0.398. The lowest BCUT2D eigenvalue weighted by Gasteiger charge is -2.18. The number of primary amides is 1. The van der Waals surface area contributed by atoms with Crippen molar-refractivity contribution < 1.29 is 29.0 Å². The molecule has 3 amide bonds. The fourth-order valence-corrected chi connectivity index (χ4v) is 3.09. The maximum absolute atomic E-state index is 12.2. The zero-order chi connectivity index (χ0) is 23.5. The number of carbonyl (C=O) groups is 3. The number of amides is 3. The van der Waals surface area contributed by atoms with Crippen LogP contribution in [0.1, 0.15) is 17.5 Å². The molecule has 0 radical (unpaired) electrons. The Morgan fingerprint density at radius 2 is 1.84 bits per heavy atom. The van der Waals surface area contributed by atoms with E-state index in [1.807, 2.05) is 30.3 Å². The molecule has 0 heterocycles. The Labute approximate surface area is 190 Å². The highest BCUT2D eigenvalue weighted by Gasteiger charge is 2.21. The summed E-state index contributed by atoms with van der Waals surface area (Å²) in [7, 11) is 1.48. The summed E-state index contributed by atoms with van der Waals surface area (Å²) in [6, 6.07) is 13.1. The van der Waals surface area contributed by atoms with E-state index >= 15 is 0 Å². The number of nitrogens with two attached hydrogens (primary N) is 1. The predicted molar refractivity (Wildman–Crippen MR) is 118 cm³/mol. The van der Waals surface area contributed by atoms with Crippen LogP contribution >= 0.6 is 11.6 Å². The third kappa shape index (κ3) is 8.44. The van der Waals surface area contributed by atoms with E-state index in [4.69, 9.17) is 26.8 Å². The number of alkyl carbamates (subject to hydrolysis) is 1. The van der Waals surface area contributed by atoms with Crippen LogP contribution < -0.4 is 21.1 Å². The molecule has 0 aliphatic heterocycles. The number of carbonyl (C=O) groups excluding carboxylic acids is 3. The summed E-state index contributed by atoms with van der Waals surface area (Å²) in [5.74, 6) is -0.851. The van der Waals surface area contributed by atoms with Crippen molar-refractivity contribution >= 4 is 29.5 Å². The fourth-order valence-electron chi connectivity index (χ4n) is 2.81. The molecule has 2 atom stereocenters. The minimum Gasteiger partial charge on any atom is -0.495 e. The van der Waals surface area contributed by atoms with E-state index in [1.165, 1.54) is 7.11 Å². The SMILES string of the molecule is COc1ccc(C[C@H](NC(=O)C[C@@H](O)CNC(=O)OCc2ccccc2)C(N)=O)cc1Cl. The Morgan fingerprint density at radius 1 is 1.12 bits per heavy atom. The van der Waals surface area contributed by atoms with Crippen LogP contribution in [0.2, 0.25) is 5.02 Å². The van der Waals surface area contributed by atoms with E-state index in [1.54, 1.807) is 18.2 Å². The number of hydrogen-bond donors (Lipinski definition) is 4. The molecule has 0 fully saturated rings. The molecule has 2 aromatic carbocycles. The number of aliphatic hydroxyl groups is 1. The number of benzene rings is 2. The van der Waals surface area contributed by atoms with Gasteiger partial charge in [-0.3, -0.25) is 9.59 Å². The maximum atomic E-state index is 12.2. The molecule has 0 saturated heterocycles. The first-order chi connectivity index (χ1) is 15.3. The number of hydrogen-bond acceptors (Lipinski definition) is 6. The number of halogens is 1. The number of ether oxygens (including phenoxy) is 2. The molecule has 2 rings (SSSR count). The van der Waals surface area contributed by atoms with Crippen LogP contribution in [-0.2, 0) is 27.4 Å². The van der Waals surface area contributed by atoms with Crippen LogP contribution in [0.15, 0.2) is 48.5 Å². The summed E-state index contributed by atoms with van der Waals surface area (Å²) in [4.78, 5) is 35.7. The second-order valence-electron chi connectivity index (χ2n) is 7.00. The zero-order valence-electron chi connectivity index (χ0n) is 17.5. The smallest absolute Gasteiger partial charge is 0.407 e. The van der Waals surface area contributed by atoms with Crippen molar-refractivity contribution in [2.75, 3.05) is 13.7 Å². The van der Waals surface area contributed by atoms with Gasteiger partial charge in [-0.1, -0.05) is 48.0 Å². The molecule has 2 aromatic rings. The van der Waals surface area contributed by atoms with Crippen molar-refractivity contribution in [2.45, 2.75) is 31.6 Å². The predicted octanol–water partition coefficient (Wildman–Crippen LogP) is 1.54. The van der Waals surface area contributed by atoms with Gasteiger partial charge in [-0.25, -0.2) is 4.79 Å². The molecule has 0 aromatic heterocycles. The van der Waals surface area contributed by atoms with Gasteiger partial charge in [0.15, 0.2) is 0 Å². The van der Waals surface area contributed by atoms with Crippen LogP contribution in [0.25, 0.3) is 0 Å². The van der Waals surface area contributed by atoms with Gasteiger partial charge in [0.1, 0.15) is 18.4 Å². The summed E-state index contributed by atoms with van der Waals surface area (Å²) in [5, 5.41) is 15.2. The first-order valence-electron chi connectivity index (χ1n) is 9.82. The van der Waals surface area contributed by atoms with Gasteiger partial charge >= 0.3 is 6.09 Å². The summed E-state index contributed by atoms with van der Waals surface area (Å²) in [5.41, 5.74) is 6.88. The van der Waals surface area contributed by atoms with E-state index in [-0.39, 0.29) is 26.0 Å². The summed E-state index contributed by atoms with van der Waals surface area (Å²) in [6.45, 7) is -0.116. The highest BCUT2D eigenvalue weighted by atomic mass is 35.5. The van der Waals surface area contributed by atoms with Gasteiger partial charge in [-0.15, -0.1) is 0 Å². The van der Waals surface area contributed by atoms with E-state index in [9.17, 15) is 19.5 Å². The molecule has 0 saturated carbocycles. The Morgan fingerprint density at radius 3 is 2.47 bits per heavy atom. The second kappa shape index (κ2) is 12.5. The van der Waals surface area contributed by atoms with E-state index in [0.717, 1.165) is 5.56 Å². The van der Waals surface area contributed by atoms with Crippen molar-refractivity contribution in [2.24, 2.45) is 5.73 Å². The molecule has 0 spiro atoms. The van der Waals surface area contributed by atoms with E-state index in [2.05, 4.69) is 10.6 Å². The molecular formula is C22H26ClN3O6. The maximum Gasteiger partial charge on any atom is 0.407 e. The van der Waals surface area contributed by atoms with Gasteiger partial charge in [0, 0.05) is 13.0 Å². The lowest BCUT2D eigenvalue weighted by molar-refractivity contribution is -0.128. The monoisotopic (exact) mass is 463 g/mol. The highest BCUT2D eigenvalue weighted by Crippen LogP contribution is 2.25.